The van der Waals surface area contributed by atoms with Crippen molar-refractivity contribution in [3.05, 3.63) is 53.0 Å². The molecule has 1 amide bonds. The van der Waals surface area contributed by atoms with E-state index in [1.807, 2.05) is 24.3 Å². The third kappa shape index (κ3) is 3.85. The van der Waals surface area contributed by atoms with Crippen LogP contribution in [0.15, 0.2) is 47.4 Å². The molecule has 1 heterocycles. The number of hydrogen-bond donors (Lipinski definition) is 0. The van der Waals surface area contributed by atoms with Crippen LogP contribution in [0, 0.1) is 5.92 Å². The van der Waals surface area contributed by atoms with E-state index in [0.29, 0.717) is 16.8 Å². The van der Waals surface area contributed by atoms with Crippen LogP contribution >= 0.6 is 24.0 Å². The van der Waals surface area contributed by atoms with Crippen LogP contribution in [-0.4, -0.2) is 22.2 Å². The molecule has 1 saturated heterocycles. The molecule has 120 valence electrons. The van der Waals surface area contributed by atoms with Crippen molar-refractivity contribution in [2.24, 2.45) is 5.92 Å². The minimum atomic E-state index is 0.0328. The molecule has 0 radical (unpaired) electrons. The Morgan fingerprint density at radius 2 is 2.13 bits per heavy atom. The number of benzene rings is 1. The van der Waals surface area contributed by atoms with Crippen LogP contribution in [-0.2, 0) is 11.3 Å². The quantitative estimate of drug-likeness (QED) is 0.462. The largest absolute Gasteiger partial charge is 0.497 e. The summed E-state index contributed by atoms with van der Waals surface area (Å²) in [6.45, 7) is 0.510. The van der Waals surface area contributed by atoms with Crippen LogP contribution in [0.25, 0.3) is 0 Å². The van der Waals surface area contributed by atoms with Crippen LogP contribution in [0.5, 0.6) is 5.75 Å². The number of methoxy groups -OCH3 is 1. The Labute approximate surface area is 146 Å². The normalized spacial score (nSPS) is 22.9. The highest BCUT2D eigenvalue weighted by Gasteiger charge is 2.32. The van der Waals surface area contributed by atoms with Gasteiger partial charge in [-0.05, 0) is 42.9 Å². The number of thiocarbonyl (C=S) groups is 1. The summed E-state index contributed by atoms with van der Waals surface area (Å²) < 4.78 is 5.80. The molecular formula is C18H19NO2S2. The lowest BCUT2D eigenvalue weighted by molar-refractivity contribution is -0.122. The monoisotopic (exact) mass is 345 g/mol. The molecule has 0 bridgehead atoms. The lowest BCUT2D eigenvalue weighted by Gasteiger charge is -2.15. The van der Waals surface area contributed by atoms with Gasteiger partial charge < -0.3 is 4.74 Å². The number of nitrogens with zero attached hydrogens (tertiary/aromatic N) is 1. The minimum absolute atomic E-state index is 0.0328. The van der Waals surface area contributed by atoms with Gasteiger partial charge in [0, 0.05) is 0 Å². The fraction of sp³-hybridized carbons (Fsp3) is 0.333. The molecule has 3 nitrogen and oxygen atoms in total. The van der Waals surface area contributed by atoms with Gasteiger partial charge in [-0.3, -0.25) is 9.69 Å². The van der Waals surface area contributed by atoms with E-state index < -0.39 is 0 Å². The first kappa shape index (κ1) is 16.3. The lowest BCUT2D eigenvalue weighted by atomic mass is 9.94. The number of carbonyl (C=O) groups excluding carboxylic acids is 1. The van der Waals surface area contributed by atoms with Crippen molar-refractivity contribution in [1.29, 1.82) is 0 Å². The first-order valence-electron chi connectivity index (χ1n) is 7.71. The van der Waals surface area contributed by atoms with E-state index in [-0.39, 0.29) is 5.91 Å². The molecule has 1 aromatic carbocycles. The van der Waals surface area contributed by atoms with Crippen molar-refractivity contribution in [1.82, 2.24) is 4.90 Å². The summed E-state index contributed by atoms with van der Waals surface area (Å²) in [6.07, 6.45) is 9.73. The predicted octanol–water partition coefficient (Wildman–Crippen LogP) is 4.30. The Morgan fingerprint density at radius 1 is 1.35 bits per heavy atom. The maximum Gasteiger partial charge on any atom is 0.266 e. The highest BCUT2D eigenvalue weighted by atomic mass is 32.2. The predicted molar refractivity (Wildman–Crippen MR) is 98.3 cm³/mol. The van der Waals surface area contributed by atoms with Crippen molar-refractivity contribution in [3.8, 4) is 5.75 Å². The average Bonchev–Trinajstić information content (AvgIpc) is 2.84. The maximum atomic E-state index is 12.6. The summed E-state index contributed by atoms with van der Waals surface area (Å²) in [5.74, 6) is 1.30. The van der Waals surface area contributed by atoms with Gasteiger partial charge in [-0.1, -0.05) is 54.3 Å². The van der Waals surface area contributed by atoms with Crippen molar-refractivity contribution in [2.45, 2.75) is 25.8 Å². The summed E-state index contributed by atoms with van der Waals surface area (Å²) in [5, 5.41) is 0. The Kier molecular flexibility index (Phi) is 5.18. The molecule has 0 aromatic heterocycles. The summed E-state index contributed by atoms with van der Waals surface area (Å²) in [6, 6.07) is 7.73. The van der Waals surface area contributed by atoms with Crippen molar-refractivity contribution in [3.63, 3.8) is 0 Å². The number of hydrogen-bond acceptors (Lipinski definition) is 4. The van der Waals surface area contributed by atoms with Gasteiger partial charge >= 0.3 is 0 Å². The van der Waals surface area contributed by atoms with E-state index in [1.165, 1.54) is 11.8 Å². The van der Waals surface area contributed by atoms with Gasteiger partial charge in [-0.2, -0.15) is 0 Å². The van der Waals surface area contributed by atoms with Crippen molar-refractivity contribution < 1.29 is 9.53 Å². The van der Waals surface area contributed by atoms with E-state index in [4.69, 9.17) is 17.0 Å². The second-order valence-corrected chi connectivity index (χ2v) is 7.36. The molecule has 1 aromatic rings. The van der Waals surface area contributed by atoms with Gasteiger partial charge in [-0.25, -0.2) is 0 Å². The summed E-state index contributed by atoms with van der Waals surface area (Å²) >= 11 is 6.82. The number of ether oxygens (including phenoxy) is 1. The molecule has 0 unspecified atom stereocenters. The molecule has 1 aliphatic heterocycles. The number of amides is 1. The number of rotatable bonds is 4. The Morgan fingerprint density at radius 3 is 2.78 bits per heavy atom. The third-order valence-corrected chi connectivity index (χ3v) is 5.47. The first-order valence-corrected chi connectivity index (χ1v) is 8.93. The fourth-order valence-electron chi connectivity index (χ4n) is 2.75. The Balaban J connectivity index is 1.70. The summed E-state index contributed by atoms with van der Waals surface area (Å²) in [4.78, 5) is 15.1. The number of thioether (sulfide) groups is 1. The molecule has 1 fully saturated rings. The summed E-state index contributed by atoms with van der Waals surface area (Å²) in [5.41, 5.74) is 1.05. The molecular weight excluding hydrogens is 326 g/mol. The highest BCUT2D eigenvalue weighted by Crippen LogP contribution is 2.34. The van der Waals surface area contributed by atoms with Gasteiger partial charge in [0.2, 0.25) is 0 Å². The van der Waals surface area contributed by atoms with Crippen molar-refractivity contribution >= 4 is 34.2 Å². The van der Waals surface area contributed by atoms with Gasteiger partial charge in [0.05, 0.1) is 18.6 Å². The fourth-order valence-corrected chi connectivity index (χ4v) is 4.07. The van der Waals surface area contributed by atoms with Gasteiger partial charge in [0.25, 0.3) is 5.91 Å². The van der Waals surface area contributed by atoms with Crippen LogP contribution in [0.4, 0.5) is 0 Å². The smallest absolute Gasteiger partial charge is 0.266 e. The molecule has 5 heteroatoms. The van der Waals surface area contributed by atoms with E-state index in [2.05, 4.69) is 18.2 Å². The zero-order valence-electron chi connectivity index (χ0n) is 13.0. The molecule has 0 saturated carbocycles. The maximum absolute atomic E-state index is 12.6. The molecule has 2 aliphatic rings. The van der Waals surface area contributed by atoms with Crippen molar-refractivity contribution in [2.75, 3.05) is 7.11 Å². The van der Waals surface area contributed by atoms with Crippen LogP contribution in [0.1, 0.15) is 24.8 Å². The Hall–Kier alpha value is -1.59. The molecule has 1 atom stereocenters. The minimum Gasteiger partial charge on any atom is -0.497 e. The zero-order chi connectivity index (χ0) is 16.2. The van der Waals surface area contributed by atoms with E-state index in [1.54, 1.807) is 12.0 Å². The Bertz CT molecular complexity index is 664. The molecule has 1 aliphatic carbocycles. The van der Waals surface area contributed by atoms with Gasteiger partial charge in [0.1, 0.15) is 10.1 Å². The van der Waals surface area contributed by atoms with Crippen LogP contribution in [0.3, 0.4) is 0 Å². The molecule has 3 rings (SSSR count). The average molecular weight is 345 g/mol. The van der Waals surface area contributed by atoms with Gasteiger partial charge in [0.15, 0.2) is 0 Å². The van der Waals surface area contributed by atoms with Gasteiger partial charge in [-0.15, -0.1) is 0 Å². The second-order valence-electron chi connectivity index (χ2n) is 5.68. The topological polar surface area (TPSA) is 29.5 Å². The standard InChI is InChI=1S/C18H19NO2S2/c1-21-15-9-7-14(8-10-15)12-19-17(20)16(23-18(19)22)11-13-5-3-2-4-6-13/h2-3,7-11,13H,4-6,12H2,1H3/b16-11-/t13-/m0/s1. The number of carbonyl (C=O) groups is 1. The zero-order valence-corrected chi connectivity index (χ0v) is 14.7. The van der Waals surface area contributed by atoms with Crippen LogP contribution in [0.2, 0.25) is 0 Å². The highest BCUT2D eigenvalue weighted by molar-refractivity contribution is 8.26. The number of allylic oxidation sites excluding steroid dienone is 3. The molecule has 23 heavy (non-hydrogen) atoms. The van der Waals surface area contributed by atoms with E-state index in [9.17, 15) is 4.79 Å². The molecule has 0 spiro atoms. The van der Waals surface area contributed by atoms with Crippen LogP contribution < -0.4 is 4.74 Å². The second kappa shape index (κ2) is 7.32. The van der Waals surface area contributed by atoms with E-state index in [0.717, 1.165) is 35.5 Å². The molecule has 0 N–H and O–H groups in total. The lowest BCUT2D eigenvalue weighted by Crippen LogP contribution is -2.27. The summed E-state index contributed by atoms with van der Waals surface area (Å²) in [7, 11) is 1.64. The van der Waals surface area contributed by atoms with E-state index >= 15 is 0 Å². The third-order valence-electron chi connectivity index (χ3n) is 4.07. The first-order chi connectivity index (χ1) is 11.2. The SMILES string of the molecule is COc1ccc(CN2C(=O)/C(=C/[C@H]3CC=CCC3)SC2=S)cc1.